The number of sulfonamides is 1. The lowest BCUT2D eigenvalue weighted by molar-refractivity contribution is -0.0538. The number of nitrogens with one attached hydrogen (secondary N) is 1. The Bertz CT molecular complexity index is 823. The number of benzene rings is 2. The maximum atomic E-state index is 12.7. The molecular weight excluding hydrogens is 348 g/mol. The van der Waals surface area contributed by atoms with Gasteiger partial charge in [0.05, 0.1) is 4.90 Å². The van der Waals surface area contributed by atoms with Crippen LogP contribution < -0.4 is 4.72 Å². The first-order valence-electron chi connectivity index (χ1n) is 9.09. The molecule has 0 saturated carbocycles. The molecule has 0 spiro atoms. The Labute approximate surface area is 157 Å². The van der Waals surface area contributed by atoms with Crippen LogP contribution in [0.25, 0.3) is 10.8 Å². The zero-order chi connectivity index (χ0) is 19.4. The Kier molecular flexibility index (Phi) is 6.80. The van der Waals surface area contributed by atoms with E-state index in [9.17, 15) is 13.5 Å². The molecule has 0 heterocycles. The highest BCUT2D eigenvalue weighted by Crippen LogP contribution is 2.23. The lowest BCUT2D eigenvalue weighted by Crippen LogP contribution is -2.49. The molecule has 0 aliphatic rings. The van der Waals surface area contributed by atoms with Crippen LogP contribution in [0.2, 0.25) is 0 Å². The molecule has 2 aromatic rings. The van der Waals surface area contributed by atoms with E-state index in [4.69, 9.17) is 0 Å². The molecule has 0 fully saturated rings. The van der Waals surface area contributed by atoms with Crippen molar-refractivity contribution in [3.05, 3.63) is 42.5 Å². The fourth-order valence-corrected chi connectivity index (χ4v) is 4.43. The molecule has 0 saturated heterocycles. The molecule has 0 radical (unpaired) electrons. The molecule has 0 bridgehead atoms. The fourth-order valence-electron chi connectivity index (χ4n) is 3.16. The topological polar surface area (TPSA) is 69.6 Å². The minimum atomic E-state index is -3.64. The zero-order valence-electron chi connectivity index (χ0n) is 16.1. The Morgan fingerprint density at radius 1 is 1.12 bits per heavy atom. The van der Waals surface area contributed by atoms with Gasteiger partial charge in [-0.2, -0.15) is 0 Å². The highest BCUT2D eigenvalue weighted by molar-refractivity contribution is 7.89. The Morgan fingerprint density at radius 3 is 2.42 bits per heavy atom. The number of nitrogens with zero attached hydrogens (tertiary/aromatic N) is 1. The lowest BCUT2D eigenvalue weighted by atomic mass is 10.0. The van der Waals surface area contributed by atoms with E-state index in [0.717, 1.165) is 18.4 Å². The highest BCUT2D eigenvalue weighted by atomic mass is 32.2. The quantitative estimate of drug-likeness (QED) is 0.691. The average molecular weight is 379 g/mol. The van der Waals surface area contributed by atoms with Gasteiger partial charge in [-0.25, -0.2) is 13.1 Å². The second-order valence-corrected chi connectivity index (χ2v) is 9.24. The predicted molar refractivity (Wildman–Crippen MR) is 107 cm³/mol. The number of hydrogen-bond acceptors (Lipinski definition) is 4. The average Bonchev–Trinajstić information content (AvgIpc) is 2.57. The van der Waals surface area contributed by atoms with Gasteiger partial charge in [0.2, 0.25) is 10.0 Å². The summed E-state index contributed by atoms with van der Waals surface area (Å²) in [6, 6.07) is 12.7. The second kappa shape index (κ2) is 8.48. The first-order chi connectivity index (χ1) is 12.2. The number of fused-ring (bicyclic) bond motifs is 1. The first-order valence-corrected chi connectivity index (χ1v) is 10.6. The summed E-state index contributed by atoms with van der Waals surface area (Å²) < 4.78 is 28.1. The molecule has 6 heteroatoms. The van der Waals surface area contributed by atoms with Crippen LogP contribution in [0.1, 0.15) is 40.5 Å². The number of hydrogen-bond donors (Lipinski definition) is 2. The molecule has 0 amide bonds. The van der Waals surface area contributed by atoms with Gasteiger partial charge in [0, 0.05) is 30.4 Å². The number of aliphatic hydroxyl groups is 1. The van der Waals surface area contributed by atoms with Crippen molar-refractivity contribution in [2.45, 2.75) is 57.2 Å². The molecule has 2 N–H and O–H groups in total. The third-order valence-corrected chi connectivity index (χ3v) is 5.94. The summed E-state index contributed by atoms with van der Waals surface area (Å²) in [7, 11) is -3.64. The molecular formula is C20H30N2O3S. The minimum absolute atomic E-state index is 0.177. The van der Waals surface area contributed by atoms with E-state index in [1.54, 1.807) is 18.2 Å². The van der Waals surface area contributed by atoms with E-state index in [1.165, 1.54) is 0 Å². The maximum Gasteiger partial charge on any atom is 0.241 e. The van der Waals surface area contributed by atoms with Crippen molar-refractivity contribution in [3.63, 3.8) is 0 Å². The van der Waals surface area contributed by atoms with Crippen molar-refractivity contribution in [1.29, 1.82) is 0 Å². The van der Waals surface area contributed by atoms with E-state index >= 15 is 0 Å². The second-order valence-electron chi connectivity index (χ2n) is 7.51. The van der Waals surface area contributed by atoms with Gasteiger partial charge in [-0.05, 0) is 38.6 Å². The molecule has 26 heavy (non-hydrogen) atoms. The SMILES string of the molecule is CCCN([C@H](O)CCNS(=O)(=O)c1cccc2ccccc12)C(C)(C)C. The molecule has 0 aliphatic heterocycles. The molecule has 144 valence electrons. The van der Waals surface area contributed by atoms with Crippen LogP contribution in [0, 0.1) is 0 Å². The Morgan fingerprint density at radius 2 is 1.77 bits per heavy atom. The van der Waals surface area contributed by atoms with Crippen molar-refractivity contribution in [2.24, 2.45) is 0 Å². The maximum absolute atomic E-state index is 12.7. The van der Waals surface area contributed by atoms with Crippen LogP contribution in [0.4, 0.5) is 0 Å². The normalized spacial score (nSPS) is 14.1. The standard InChI is InChI=1S/C20H30N2O3S/c1-5-15-22(20(2,3)4)19(23)13-14-21-26(24,25)18-12-8-10-16-9-6-7-11-17(16)18/h6-12,19,21,23H,5,13-15H2,1-4H3/t19-/m1/s1. The van der Waals surface area contributed by atoms with E-state index in [2.05, 4.69) is 11.6 Å². The molecule has 2 aromatic carbocycles. The van der Waals surface area contributed by atoms with Crippen molar-refractivity contribution in [2.75, 3.05) is 13.1 Å². The minimum Gasteiger partial charge on any atom is -0.378 e. The van der Waals surface area contributed by atoms with E-state index in [0.29, 0.717) is 11.8 Å². The Hall–Kier alpha value is -1.47. The van der Waals surface area contributed by atoms with Gasteiger partial charge in [0.15, 0.2) is 0 Å². The third kappa shape index (κ3) is 5.04. The van der Waals surface area contributed by atoms with Gasteiger partial charge in [0.1, 0.15) is 6.23 Å². The van der Waals surface area contributed by atoms with Crippen molar-refractivity contribution >= 4 is 20.8 Å². The number of rotatable bonds is 8. The van der Waals surface area contributed by atoms with Crippen LogP contribution in [-0.4, -0.2) is 43.3 Å². The van der Waals surface area contributed by atoms with Crippen molar-refractivity contribution < 1.29 is 13.5 Å². The van der Waals surface area contributed by atoms with Gasteiger partial charge in [-0.1, -0.05) is 43.3 Å². The lowest BCUT2D eigenvalue weighted by Gasteiger charge is -2.39. The zero-order valence-corrected chi connectivity index (χ0v) is 16.9. The van der Waals surface area contributed by atoms with Gasteiger partial charge < -0.3 is 5.11 Å². The summed E-state index contributed by atoms with van der Waals surface area (Å²) in [4.78, 5) is 2.27. The summed E-state index contributed by atoms with van der Waals surface area (Å²) in [6.07, 6.45) is 0.572. The van der Waals surface area contributed by atoms with E-state index in [1.807, 2.05) is 49.9 Å². The summed E-state index contributed by atoms with van der Waals surface area (Å²) >= 11 is 0. The fraction of sp³-hybridized carbons (Fsp3) is 0.500. The number of aliphatic hydroxyl groups excluding tert-OH is 1. The Balaban J connectivity index is 2.08. The molecule has 1 atom stereocenters. The summed E-state index contributed by atoms with van der Waals surface area (Å²) in [6.45, 7) is 9.16. The van der Waals surface area contributed by atoms with Gasteiger partial charge in [-0.15, -0.1) is 0 Å². The largest absolute Gasteiger partial charge is 0.378 e. The van der Waals surface area contributed by atoms with Gasteiger partial charge >= 0.3 is 0 Å². The van der Waals surface area contributed by atoms with Crippen LogP contribution in [0.5, 0.6) is 0 Å². The van der Waals surface area contributed by atoms with Crippen LogP contribution in [0.15, 0.2) is 47.4 Å². The molecule has 2 rings (SSSR count). The smallest absolute Gasteiger partial charge is 0.241 e. The first kappa shape index (κ1) is 20.8. The van der Waals surface area contributed by atoms with Gasteiger partial charge in [-0.3, -0.25) is 4.90 Å². The molecule has 0 aliphatic carbocycles. The molecule has 0 aromatic heterocycles. The van der Waals surface area contributed by atoms with Crippen molar-refractivity contribution in [1.82, 2.24) is 9.62 Å². The van der Waals surface area contributed by atoms with E-state index < -0.39 is 16.3 Å². The summed E-state index contributed by atoms with van der Waals surface area (Å²) in [5.41, 5.74) is -0.177. The van der Waals surface area contributed by atoms with Gasteiger partial charge in [0.25, 0.3) is 0 Å². The van der Waals surface area contributed by atoms with Crippen LogP contribution in [-0.2, 0) is 10.0 Å². The summed E-state index contributed by atoms with van der Waals surface area (Å²) in [5.74, 6) is 0. The third-order valence-electron chi connectivity index (χ3n) is 4.42. The van der Waals surface area contributed by atoms with Crippen molar-refractivity contribution in [3.8, 4) is 0 Å². The van der Waals surface area contributed by atoms with E-state index in [-0.39, 0.29) is 17.0 Å². The van der Waals surface area contributed by atoms with Crippen LogP contribution >= 0.6 is 0 Å². The molecule has 5 nitrogen and oxygen atoms in total. The van der Waals surface area contributed by atoms with Crippen LogP contribution in [0.3, 0.4) is 0 Å². The summed E-state index contributed by atoms with van der Waals surface area (Å²) in [5, 5.41) is 12.1. The molecule has 0 unspecified atom stereocenters. The monoisotopic (exact) mass is 378 g/mol. The highest BCUT2D eigenvalue weighted by Gasteiger charge is 2.27. The predicted octanol–water partition coefficient (Wildman–Crippen LogP) is 3.34.